The third-order valence-corrected chi connectivity index (χ3v) is 4.61. The predicted molar refractivity (Wildman–Crippen MR) is 95.4 cm³/mol. The summed E-state index contributed by atoms with van der Waals surface area (Å²) in [5.41, 5.74) is 3.63. The maximum Gasteiger partial charge on any atom is 0.179 e. The molecule has 0 spiro atoms. The number of benzene rings is 2. The molecule has 0 unspecified atom stereocenters. The fourth-order valence-corrected chi connectivity index (χ4v) is 3.39. The van der Waals surface area contributed by atoms with Crippen LogP contribution in [0.25, 0.3) is 0 Å². The molecule has 1 saturated heterocycles. The zero-order valence-electron chi connectivity index (χ0n) is 13.7. The molecule has 2 aromatic carbocycles. The van der Waals surface area contributed by atoms with Gasteiger partial charge in [-0.1, -0.05) is 72.8 Å². The Balaban J connectivity index is 1.62. The highest BCUT2D eigenvalue weighted by Gasteiger charge is 2.37. The molecule has 2 nitrogen and oxygen atoms in total. The molecular weight excluding hydrogens is 296 g/mol. The summed E-state index contributed by atoms with van der Waals surface area (Å²) in [4.78, 5) is 0. The summed E-state index contributed by atoms with van der Waals surface area (Å²) in [6, 6.07) is 20.7. The van der Waals surface area contributed by atoms with E-state index in [2.05, 4.69) is 66.8 Å². The molecule has 2 aromatic rings. The number of hydrogen-bond acceptors (Lipinski definition) is 2. The van der Waals surface area contributed by atoms with Gasteiger partial charge in [-0.05, 0) is 42.0 Å². The van der Waals surface area contributed by atoms with Crippen LogP contribution in [0.2, 0.25) is 0 Å². The minimum absolute atomic E-state index is 0.0805. The van der Waals surface area contributed by atoms with Crippen molar-refractivity contribution in [3.63, 3.8) is 0 Å². The fraction of sp³-hybridized carbons (Fsp3) is 0.273. The van der Waals surface area contributed by atoms with Gasteiger partial charge in [0.2, 0.25) is 0 Å². The largest absolute Gasteiger partial charge is 0.338 e. The average molecular weight is 318 g/mol. The van der Waals surface area contributed by atoms with Gasteiger partial charge in [0.25, 0.3) is 0 Å². The Kier molecular flexibility index (Phi) is 4.59. The van der Waals surface area contributed by atoms with Crippen LogP contribution >= 0.6 is 0 Å². The molecule has 0 N–H and O–H groups in total. The molecule has 2 aliphatic rings. The summed E-state index contributed by atoms with van der Waals surface area (Å²) in [6.45, 7) is 0. The Morgan fingerprint density at radius 3 is 1.88 bits per heavy atom. The molecule has 0 radical (unpaired) electrons. The second-order valence-corrected chi connectivity index (χ2v) is 6.34. The van der Waals surface area contributed by atoms with E-state index in [1.807, 2.05) is 12.1 Å². The molecule has 2 atom stereocenters. The monoisotopic (exact) mass is 318 g/mol. The van der Waals surface area contributed by atoms with E-state index in [0.717, 1.165) is 17.5 Å². The Morgan fingerprint density at radius 1 is 0.792 bits per heavy atom. The van der Waals surface area contributed by atoms with Gasteiger partial charge in [-0.2, -0.15) is 0 Å². The minimum Gasteiger partial charge on any atom is -0.338 e. The Hall–Kier alpha value is -2.16. The number of allylic oxidation sites excluding steroid dienone is 3. The first kappa shape index (κ1) is 15.4. The van der Waals surface area contributed by atoms with Crippen molar-refractivity contribution in [1.82, 2.24) is 0 Å². The number of ether oxygens (including phenoxy) is 2. The first-order chi connectivity index (χ1) is 11.9. The van der Waals surface area contributed by atoms with Gasteiger partial charge in [0.05, 0.1) is 0 Å². The van der Waals surface area contributed by atoms with Crippen molar-refractivity contribution in [3.05, 3.63) is 95.6 Å². The zero-order valence-corrected chi connectivity index (χ0v) is 13.7. The third-order valence-electron chi connectivity index (χ3n) is 4.61. The van der Waals surface area contributed by atoms with E-state index in [1.165, 1.54) is 18.4 Å². The molecule has 1 fully saturated rings. The molecule has 122 valence electrons. The van der Waals surface area contributed by atoms with Gasteiger partial charge >= 0.3 is 0 Å². The van der Waals surface area contributed by atoms with Crippen LogP contribution in [0.15, 0.2) is 84.5 Å². The normalized spacial score (nSPS) is 26.1. The van der Waals surface area contributed by atoms with Gasteiger partial charge in [0, 0.05) is 0 Å². The van der Waals surface area contributed by atoms with Gasteiger partial charge in [0.1, 0.15) is 12.2 Å². The summed E-state index contributed by atoms with van der Waals surface area (Å²) in [6.07, 6.45) is 9.59. The second kappa shape index (κ2) is 7.16. The maximum absolute atomic E-state index is 6.28. The third kappa shape index (κ3) is 3.35. The van der Waals surface area contributed by atoms with Gasteiger partial charge in [0.15, 0.2) is 6.29 Å². The van der Waals surface area contributed by atoms with Crippen molar-refractivity contribution in [1.29, 1.82) is 0 Å². The lowest BCUT2D eigenvalue weighted by molar-refractivity contribution is -0.0295. The zero-order chi connectivity index (χ0) is 16.2. The molecule has 1 aliphatic carbocycles. The highest BCUT2D eigenvalue weighted by atomic mass is 16.7. The predicted octanol–water partition coefficient (Wildman–Crippen LogP) is 5.51. The van der Waals surface area contributed by atoms with Gasteiger partial charge in [-0.3, -0.25) is 0 Å². The highest BCUT2D eigenvalue weighted by molar-refractivity contribution is 5.28. The van der Waals surface area contributed by atoms with E-state index >= 15 is 0 Å². The molecule has 24 heavy (non-hydrogen) atoms. The van der Waals surface area contributed by atoms with Crippen LogP contribution in [0.4, 0.5) is 0 Å². The van der Waals surface area contributed by atoms with E-state index < -0.39 is 0 Å². The lowest BCUT2D eigenvalue weighted by atomic mass is 9.99. The number of rotatable bonds is 3. The van der Waals surface area contributed by atoms with Crippen LogP contribution in [0.3, 0.4) is 0 Å². The van der Waals surface area contributed by atoms with E-state index in [4.69, 9.17) is 9.47 Å². The Bertz CT molecular complexity index is 671. The van der Waals surface area contributed by atoms with Crippen molar-refractivity contribution < 1.29 is 9.47 Å². The van der Waals surface area contributed by atoms with Crippen molar-refractivity contribution in [3.8, 4) is 0 Å². The van der Waals surface area contributed by atoms with Crippen LogP contribution in [-0.2, 0) is 9.47 Å². The summed E-state index contributed by atoms with van der Waals surface area (Å²) in [5, 5.41) is 0. The van der Waals surface area contributed by atoms with Crippen LogP contribution in [0.5, 0.6) is 0 Å². The minimum atomic E-state index is -0.293. The average Bonchev–Trinajstić information content (AvgIpc) is 3.08. The first-order valence-corrected chi connectivity index (χ1v) is 8.68. The quantitative estimate of drug-likeness (QED) is 0.743. The summed E-state index contributed by atoms with van der Waals surface area (Å²) in [7, 11) is 0. The summed E-state index contributed by atoms with van der Waals surface area (Å²) in [5.74, 6) is 0. The van der Waals surface area contributed by atoms with Crippen LogP contribution in [0.1, 0.15) is 42.6 Å². The van der Waals surface area contributed by atoms with E-state index in [1.54, 1.807) is 0 Å². The molecule has 2 heteroatoms. The van der Waals surface area contributed by atoms with Crippen LogP contribution in [0, 0.1) is 0 Å². The van der Waals surface area contributed by atoms with Crippen molar-refractivity contribution in [2.45, 2.75) is 37.8 Å². The Labute approximate surface area is 143 Å². The second-order valence-electron chi connectivity index (χ2n) is 6.34. The fourth-order valence-electron chi connectivity index (χ4n) is 3.39. The van der Waals surface area contributed by atoms with Crippen LogP contribution < -0.4 is 0 Å². The summed E-state index contributed by atoms with van der Waals surface area (Å²) < 4.78 is 12.6. The molecule has 0 aromatic heterocycles. The Morgan fingerprint density at radius 2 is 1.38 bits per heavy atom. The highest BCUT2D eigenvalue weighted by Crippen LogP contribution is 2.43. The van der Waals surface area contributed by atoms with Crippen molar-refractivity contribution in [2.75, 3.05) is 0 Å². The number of hydrogen-bond donors (Lipinski definition) is 0. The maximum atomic E-state index is 6.28. The van der Waals surface area contributed by atoms with Crippen molar-refractivity contribution >= 4 is 0 Å². The lowest BCUT2D eigenvalue weighted by Crippen LogP contribution is -2.06. The van der Waals surface area contributed by atoms with Gasteiger partial charge < -0.3 is 9.47 Å². The summed E-state index contributed by atoms with van der Waals surface area (Å²) >= 11 is 0. The molecule has 0 saturated carbocycles. The van der Waals surface area contributed by atoms with Gasteiger partial charge in [-0.15, -0.1) is 0 Å². The molecule has 4 rings (SSSR count). The molecular formula is C22H22O2. The standard InChI is InChI=1S/C22H22O2/c1-4-10-17(11-5-1)16-20-23-21(18-12-6-2-7-13-18)22(24-20)19-14-8-3-9-15-19/h2-4,6-10,12-16,20-22H,1,5,11H2/b17-16+/t21-,22-/m1/s1. The van der Waals surface area contributed by atoms with E-state index in [0.29, 0.717) is 0 Å². The van der Waals surface area contributed by atoms with E-state index in [-0.39, 0.29) is 18.5 Å². The lowest BCUT2D eigenvalue weighted by Gasteiger charge is -2.17. The molecule has 0 bridgehead atoms. The van der Waals surface area contributed by atoms with E-state index in [9.17, 15) is 0 Å². The topological polar surface area (TPSA) is 18.5 Å². The smallest absolute Gasteiger partial charge is 0.179 e. The molecule has 1 aliphatic heterocycles. The molecule has 0 amide bonds. The first-order valence-electron chi connectivity index (χ1n) is 8.68. The van der Waals surface area contributed by atoms with Crippen molar-refractivity contribution in [2.24, 2.45) is 0 Å². The SMILES string of the molecule is C1=C/C(=C\C2O[C@H](c3ccccc3)[C@@H](c3ccccc3)O2)CCC1. The molecule has 1 heterocycles. The van der Waals surface area contributed by atoms with Gasteiger partial charge in [-0.25, -0.2) is 0 Å². The van der Waals surface area contributed by atoms with Crippen LogP contribution in [-0.4, -0.2) is 6.29 Å².